The summed E-state index contributed by atoms with van der Waals surface area (Å²) >= 11 is 0. The second-order valence-corrected chi connectivity index (χ2v) is 6.44. The van der Waals surface area contributed by atoms with Gasteiger partial charge in [0, 0.05) is 5.69 Å². The fourth-order valence-corrected chi connectivity index (χ4v) is 3.94. The fraction of sp³-hybridized carbons (Fsp3) is 0.588. The van der Waals surface area contributed by atoms with Gasteiger partial charge in [0.05, 0.1) is 12.1 Å². The van der Waals surface area contributed by atoms with Crippen LogP contribution in [0.3, 0.4) is 0 Å². The number of nitrogens with zero attached hydrogens (tertiary/aromatic N) is 2. The van der Waals surface area contributed by atoms with Gasteiger partial charge in [0.2, 0.25) is 0 Å². The predicted octanol–water partition coefficient (Wildman–Crippen LogP) is 3.47. The molecule has 1 aromatic carbocycles. The van der Waals surface area contributed by atoms with Crippen LogP contribution in [0.2, 0.25) is 0 Å². The molecule has 1 aromatic rings. The first kappa shape index (κ1) is 13.5. The Kier molecular flexibility index (Phi) is 3.45. The van der Waals surface area contributed by atoms with E-state index in [0.29, 0.717) is 5.96 Å². The topological polar surface area (TPSA) is 41.6 Å². The lowest BCUT2D eigenvalue weighted by Gasteiger charge is -2.44. The van der Waals surface area contributed by atoms with Gasteiger partial charge in [-0.05, 0) is 43.4 Å². The van der Waals surface area contributed by atoms with Gasteiger partial charge in [0.1, 0.15) is 0 Å². The van der Waals surface area contributed by atoms with E-state index in [1.807, 2.05) is 0 Å². The Morgan fingerprint density at radius 3 is 3.05 bits per heavy atom. The van der Waals surface area contributed by atoms with Crippen molar-refractivity contribution in [3.8, 4) is 0 Å². The first-order chi connectivity index (χ1) is 9.64. The smallest absolute Gasteiger partial charge is 0.196 e. The maximum absolute atomic E-state index is 6.23. The minimum absolute atomic E-state index is 0.136. The highest BCUT2D eigenvalue weighted by Crippen LogP contribution is 2.43. The second-order valence-electron chi connectivity index (χ2n) is 6.44. The second kappa shape index (κ2) is 5.12. The van der Waals surface area contributed by atoms with Gasteiger partial charge in [-0.3, -0.25) is 4.99 Å². The molecule has 2 atom stereocenters. The molecule has 20 heavy (non-hydrogen) atoms. The Hall–Kier alpha value is -1.51. The number of rotatable bonds is 2. The van der Waals surface area contributed by atoms with Gasteiger partial charge >= 0.3 is 0 Å². The van der Waals surface area contributed by atoms with Crippen LogP contribution in [-0.4, -0.2) is 18.0 Å². The maximum Gasteiger partial charge on any atom is 0.196 e. The minimum Gasteiger partial charge on any atom is -0.369 e. The molecule has 0 saturated heterocycles. The number of anilines is 1. The van der Waals surface area contributed by atoms with Crippen molar-refractivity contribution >= 4 is 11.6 Å². The molecule has 2 N–H and O–H groups in total. The molecule has 0 aromatic heterocycles. The molecule has 0 amide bonds. The van der Waals surface area contributed by atoms with E-state index < -0.39 is 0 Å². The van der Waals surface area contributed by atoms with Gasteiger partial charge in [-0.2, -0.15) is 0 Å². The van der Waals surface area contributed by atoms with Crippen molar-refractivity contribution in [3.05, 3.63) is 29.8 Å². The molecule has 1 fully saturated rings. The summed E-state index contributed by atoms with van der Waals surface area (Å²) in [6.07, 6.45) is 6.36. The van der Waals surface area contributed by atoms with Crippen molar-refractivity contribution in [1.82, 2.24) is 0 Å². The molecule has 2 aliphatic rings. The lowest BCUT2D eigenvalue weighted by atomic mass is 9.74. The van der Waals surface area contributed by atoms with Crippen LogP contribution in [0, 0.1) is 12.8 Å². The molecule has 108 valence electrons. The first-order valence-electron chi connectivity index (χ1n) is 7.81. The van der Waals surface area contributed by atoms with Gasteiger partial charge in [0.15, 0.2) is 5.96 Å². The van der Waals surface area contributed by atoms with E-state index in [9.17, 15) is 0 Å². The Morgan fingerprint density at radius 2 is 2.30 bits per heavy atom. The van der Waals surface area contributed by atoms with Crippen LogP contribution >= 0.6 is 0 Å². The number of benzene rings is 1. The Bertz CT molecular complexity index is 523. The van der Waals surface area contributed by atoms with Gasteiger partial charge in [-0.1, -0.05) is 38.3 Å². The average molecular weight is 271 g/mol. The average Bonchev–Trinajstić information content (AvgIpc) is 2.75. The van der Waals surface area contributed by atoms with Crippen molar-refractivity contribution < 1.29 is 0 Å². The summed E-state index contributed by atoms with van der Waals surface area (Å²) in [5.74, 6) is 1.52. The number of nitrogens with two attached hydrogens (primary N) is 1. The van der Waals surface area contributed by atoms with E-state index >= 15 is 0 Å². The normalized spacial score (nSPS) is 29.8. The Labute approximate surface area is 121 Å². The first-order valence-corrected chi connectivity index (χ1v) is 7.81. The summed E-state index contributed by atoms with van der Waals surface area (Å²) in [6, 6.07) is 8.64. The number of guanidine groups is 1. The molecule has 1 heterocycles. The molecule has 1 saturated carbocycles. The molecule has 2 unspecified atom stereocenters. The van der Waals surface area contributed by atoms with E-state index in [1.165, 1.54) is 43.4 Å². The largest absolute Gasteiger partial charge is 0.369 e. The Balaban J connectivity index is 1.95. The van der Waals surface area contributed by atoms with E-state index in [-0.39, 0.29) is 5.54 Å². The molecular weight excluding hydrogens is 246 g/mol. The molecule has 1 aliphatic carbocycles. The highest BCUT2D eigenvalue weighted by molar-refractivity contribution is 5.98. The molecule has 0 bridgehead atoms. The van der Waals surface area contributed by atoms with Crippen LogP contribution in [0.25, 0.3) is 0 Å². The van der Waals surface area contributed by atoms with Crippen LogP contribution in [0.1, 0.15) is 44.6 Å². The highest BCUT2D eigenvalue weighted by Gasteiger charge is 2.45. The lowest BCUT2D eigenvalue weighted by Crippen LogP contribution is -2.54. The third kappa shape index (κ3) is 2.19. The van der Waals surface area contributed by atoms with E-state index in [2.05, 4.69) is 48.0 Å². The molecule has 3 rings (SSSR count). The molecule has 0 radical (unpaired) electrons. The monoisotopic (exact) mass is 271 g/mol. The fourth-order valence-electron chi connectivity index (χ4n) is 3.94. The van der Waals surface area contributed by atoms with Crippen LogP contribution in [0.5, 0.6) is 0 Å². The van der Waals surface area contributed by atoms with Gasteiger partial charge in [-0.25, -0.2) is 0 Å². The Morgan fingerprint density at radius 1 is 1.45 bits per heavy atom. The third-order valence-corrected chi connectivity index (χ3v) is 5.00. The van der Waals surface area contributed by atoms with E-state index in [4.69, 9.17) is 5.73 Å². The summed E-state index contributed by atoms with van der Waals surface area (Å²) in [4.78, 5) is 6.91. The van der Waals surface area contributed by atoms with Crippen molar-refractivity contribution in [3.63, 3.8) is 0 Å². The van der Waals surface area contributed by atoms with Crippen LogP contribution in [0.15, 0.2) is 29.3 Å². The zero-order valence-corrected chi connectivity index (χ0v) is 12.6. The lowest BCUT2D eigenvalue weighted by molar-refractivity contribution is 0.235. The number of hydrogen-bond donors (Lipinski definition) is 1. The summed E-state index contributed by atoms with van der Waals surface area (Å²) in [6.45, 7) is 5.30. The van der Waals surface area contributed by atoms with Crippen molar-refractivity contribution in [2.75, 3.05) is 11.4 Å². The summed E-state index contributed by atoms with van der Waals surface area (Å²) in [7, 11) is 0. The zero-order valence-electron chi connectivity index (χ0n) is 12.6. The quantitative estimate of drug-likeness (QED) is 0.895. The molecule has 3 heteroatoms. The van der Waals surface area contributed by atoms with Crippen LogP contribution in [0.4, 0.5) is 5.69 Å². The van der Waals surface area contributed by atoms with Crippen LogP contribution < -0.4 is 10.6 Å². The standard InChI is InChI=1S/C17H25N3/c1-3-14-7-5-9-17(11-14)12-19-16(18)20(17)15-8-4-6-13(2)10-15/h4,6,8,10,14H,3,5,7,9,11-12H2,1-2H3,(H2,18,19). The van der Waals surface area contributed by atoms with Gasteiger partial charge < -0.3 is 10.6 Å². The summed E-state index contributed by atoms with van der Waals surface area (Å²) < 4.78 is 0. The minimum atomic E-state index is 0.136. The SMILES string of the molecule is CCC1CCCC2(CN=C(N)N2c2cccc(C)c2)C1. The number of aryl methyl sites for hydroxylation is 1. The molecule has 3 nitrogen and oxygen atoms in total. The molecular formula is C17H25N3. The zero-order chi connectivity index (χ0) is 14.2. The molecule has 1 spiro atoms. The van der Waals surface area contributed by atoms with E-state index in [1.54, 1.807) is 0 Å². The van der Waals surface area contributed by atoms with Crippen molar-refractivity contribution in [2.24, 2.45) is 16.6 Å². The summed E-state index contributed by atoms with van der Waals surface area (Å²) in [5, 5.41) is 0. The number of hydrogen-bond acceptors (Lipinski definition) is 3. The maximum atomic E-state index is 6.23. The number of aliphatic imine (C=N–C) groups is 1. The summed E-state index contributed by atoms with van der Waals surface area (Å²) in [5.41, 5.74) is 8.85. The van der Waals surface area contributed by atoms with Crippen molar-refractivity contribution in [2.45, 2.75) is 51.5 Å². The van der Waals surface area contributed by atoms with Gasteiger partial charge in [0.25, 0.3) is 0 Å². The third-order valence-electron chi connectivity index (χ3n) is 5.00. The molecule has 1 aliphatic heterocycles. The highest BCUT2D eigenvalue weighted by atomic mass is 15.4. The van der Waals surface area contributed by atoms with Crippen LogP contribution in [-0.2, 0) is 0 Å². The van der Waals surface area contributed by atoms with Crippen molar-refractivity contribution in [1.29, 1.82) is 0 Å². The van der Waals surface area contributed by atoms with Gasteiger partial charge in [-0.15, -0.1) is 0 Å². The predicted molar refractivity (Wildman–Crippen MR) is 85.1 cm³/mol. The van der Waals surface area contributed by atoms with E-state index in [0.717, 1.165) is 12.5 Å².